The van der Waals surface area contributed by atoms with Crippen LogP contribution in [0.15, 0.2) is 73.3 Å². The van der Waals surface area contributed by atoms with E-state index in [0.717, 1.165) is 28.1 Å². The Morgan fingerprint density at radius 3 is 2.41 bits per heavy atom. The Bertz CT molecular complexity index is 1090. The third-order valence-corrected chi connectivity index (χ3v) is 5.60. The number of hydrogen-bond acceptors (Lipinski definition) is 4. The number of allylic oxidation sites excluding steroid dienone is 2. The molecule has 1 unspecified atom stereocenters. The van der Waals surface area contributed by atoms with Crippen molar-refractivity contribution in [2.24, 2.45) is 0 Å². The van der Waals surface area contributed by atoms with Gasteiger partial charge in [-0.3, -0.25) is 4.79 Å². The molecule has 1 aliphatic carbocycles. The van der Waals surface area contributed by atoms with Gasteiger partial charge in [0.25, 0.3) is 5.91 Å². The molecule has 0 spiro atoms. The lowest BCUT2D eigenvalue weighted by molar-refractivity contribution is 0.0950. The lowest BCUT2D eigenvalue weighted by atomic mass is 9.68. The van der Waals surface area contributed by atoms with Crippen LogP contribution in [0.3, 0.4) is 0 Å². The van der Waals surface area contributed by atoms with E-state index in [1.807, 2.05) is 38.4 Å². The molecule has 0 fully saturated rings. The summed E-state index contributed by atoms with van der Waals surface area (Å²) >= 11 is 0. The molecule has 3 aromatic rings. The van der Waals surface area contributed by atoms with Crippen molar-refractivity contribution in [3.63, 3.8) is 0 Å². The van der Waals surface area contributed by atoms with Crippen molar-refractivity contribution < 1.29 is 4.79 Å². The van der Waals surface area contributed by atoms with E-state index in [0.29, 0.717) is 12.2 Å². The second kappa shape index (κ2) is 7.09. The van der Waals surface area contributed by atoms with Crippen molar-refractivity contribution in [1.29, 1.82) is 0 Å². The molecular formula is C24H24N4O. The lowest BCUT2D eigenvalue weighted by Gasteiger charge is -2.35. The van der Waals surface area contributed by atoms with Crippen molar-refractivity contribution in [3.05, 3.63) is 95.7 Å². The highest BCUT2D eigenvalue weighted by Gasteiger charge is 2.38. The molecule has 0 aliphatic heterocycles. The van der Waals surface area contributed by atoms with Crippen LogP contribution in [-0.2, 0) is 11.8 Å². The Labute approximate surface area is 170 Å². The summed E-state index contributed by atoms with van der Waals surface area (Å²) in [5.74, 6) is 0.0780. The number of nitrogens with two attached hydrogens (primary N) is 1. The van der Waals surface area contributed by atoms with Gasteiger partial charge in [0.05, 0.1) is 5.69 Å². The van der Waals surface area contributed by atoms with E-state index in [2.05, 4.69) is 59.1 Å². The number of aromatic nitrogens is 2. The minimum atomic E-state index is -0.426. The zero-order valence-corrected chi connectivity index (χ0v) is 16.7. The summed E-state index contributed by atoms with van der Waals surface area (Å²) in [6, 6.07) is 18.9. The molecule has 0 radical (unpaired) electrons. The molecular weight excluding hydrogens is 360 g/mol. The molecule has 146 valence electrons. The molecule has 1 aromatic heterocycles. The van der Waals surface area contributed by atoms with Crippen molar-refractivity contribution >= 4 is 23.5 Å². The second-order valence-corrected chi connectivity index (χ2v) is 7.49. The SMILES string of the molecule is C=CC(=O)n1nc(N)c2c1CC(c1ccccc1)(c1ccc(N(C)C)cc1)C=C2. The molecule has 1 aliphatic rings. The first-order valence-corrected chi connectivity index (χ1v) is 9.53. The number of rotatable bonds is 4. The van der Waals surface area contributed by atoms with Crippen molar-refractivity contribution in [3.8, 4) is 0 Å². The minimum Gasteiger partial charge on any atom is -0.382 e. The number of nitrogens with zero attached hydrogens (tertiary/aromatic N) is 3. The van der Waals surface area contributed by atoms with Crippen LogP contribution < -0.4 is 10.6 Å². The van der Waals surface area contributed by atoms with Gasteiger partial charge in [0, 0.05) is 37.2 Å². The summed E-state index contributed by atoms with van der Waals surface area (Å²) in [4.78, 5) is 14.5. The number of anilines is 2. The van der Waals surface area contributed by atoms with Crippen molar-refractivity contribution in [1.82, 2.24) is 9.78 Å². The number of carbonyl (C=O) groups excluding carboxylic acids is 1. The number of fused-ring (bicyclic) bond motifs is 1. The van der Waals surface area contributed by atoms with Gasteiger partial charge in [-0.1, -0.05) is 61.2 Å². The summed E-state index contributed by atoms with van der Waals surface area (Å²) in [6.45, 7) is 3.60. The molecule has 2 aromatic carbocycles. The van der Waals surface area contributed by atoms with Gasteiger partial charge in [-0.2, -0.15) is 4.68 Å². The van der Waals surface area contributed by atoms with E-state index in [9.17, 15) is 4.79 Å². The van der Waals surface area contributed by atoms with Crippen LogP contribution in [0, 0.1) is 0 Å². The quantitative estimate of drug-likeness (QED) is 0.693. The van der Waals surface area contributed by atoms with E-state index < -0.39 is 5.41 Å². The van der Waals surface area contributed by atoms with Crippen LogP contribution in [0.2, 0.25) is 0 Å². The van der Waals surface area contributed by atoms with E-state index in [-0.39, 0.29) is 5.91 Å². The zero-order chi connectivity index (χ0) is 20.6. The number of hydrogen-bond donors (Lipinski definition) is 1. The third kappa shape index (κ3) is 3.05. The topological polar surface area (TPSA) is 64.1 Å². The normalized spacial score (nSPS) is 17.6. The molecule has 0 saturated carbocycles. The fourth-order valence-corrected chi connectivity index (χ4v) is 4.01. The summed E-state index contributed by atoms with van der Waals surface area (Å²) in [5.41, 5.74) is 10.7. The maximum absolute atomic E-state index is 12.4. The lowest BCUT2D eigenvalue weighted by Crippen LogP contribution is -2.32. The Balaban J connectivity index is 1.91. The number of benzene rings is 2. The molecule has 0 saturated heterocycles. The summed E-state index contributed by atoms with van der Waals surface area (Å²) in [7, 11) is 4.05. The fraction of sp³-hybridized carbons (Fsp3) is 0.167. The zero-order valence-electron chi connectivity index (χ0n) is 16.7. The molecule has 29 heavy (non-hydrogen) atoms. The average molecular weight is 384 g/mol. The predicted molar refractivity (Wildman–Crippen MR) is 118 cm³/mol. The standard InChI is InChI=1S/C24H24N4O/c1-4-22(29)28-21-16-24(17-8-6-5-7-9-17,15-14-20(21)23(25)26-28)18-10-12-19(13-11-18)27(2)3/h4-15H,1,16H2,2-3H3,(H2,25,26). The first-order valence-electron chi connectivity index (χ1n) is 9.53. The Hall–Kier alpha value is -3.60. The van der Waals surface area contributed by atoms with Gasteiger partial charge in [0.1, 0.15) is 0 Å². The van der Waals surface area contributed by atoms with Crippen LogP contribution in [-0.4, -0.2) is 29.8 Å². The van der Waals surface area contributed by atoms with Gasteiger partial charge in [-0.05, 0) is 29.3 Å². The monoisotopic (exact) mass is 384 g/mol. The average Bonchev–Trinajstić information content (AvgIpc) is 3.09. The van der Waals surface area contributed by atoms with Crippen LogP contribution in [0.25, 0.3) is 6.08 Å². The Kier molecular flexibility index (Phi) is 4.59. The first-order chi connectivity index (χ1) is 14.0. The molecule has 0 bridgehead atoms. The van der Waals surface area contributed by atoms with Gasteiger partial charge in [-0.25, -0.2) is 0 Å². The highest BCUT2D eigenvalue weighted by Crippen LogP contribution is 2.43. The van der Waals surface area contributed by atoms with Gasteiger partial charge in [-0.15, -0.1) is 5.10 Å². The highest BCUT2D eigenvalue weighted by atomic mass is 16.2. The van der Waals surface area contributed by atoms with Crippen LogP contribution in [0.4, 0.5) is 11.5 Å². The molecule has 4 rings (SSSR count). The van der Waals surface area contributed by atoms with Gasteiger partial charge in [0.15, 0.2) is 5.82 Å². The number of nitrogen functional groups attached to an aromatic ring is 1. The van der Waals surface area contributed by atoms with Gasteiger partial charge < -0.3 is 10.6 Å². The molecule has 2 N–H and O–H groups in total. The second-order valence-electron chi connectivity index (χ2n) is 7.49. The van der Waals surface area contributed by atoms with E-state index in [4.69, 9.17) is 5.73 Å². The largest absolute Gasteiger partial charge is 0.382 e. The maximum Gasteiger partial charge on any atom is 0.270 e. The highest BCUT2D eigenvalue weighted by molar-refractivity contribution is 5.91. The van der Waals surface area contributed by atoms with E-state index >= 15 is 0 Å². The van der Waals surface area contributed by atoms with Gasteiger partial charge >= 0.3 is 0 Å². The van der Waals surface area contributed by atoms with Crippen LogP contribution in [0.5, 0.6) is 0 Å². The molecule has 5 heteroatoms. The molecule has 5 nitrogen and oxygen atoms in total. The van der Waals surface area contributed by atoms with Crippen LogP contribution in [0.1, 0.15) is 27.2 Å². The van der Waals surface area contributed by atoms with Crippen LogP contribution >= 0.6 is 0 Å². The maximum atomic E-state index is 12.4. The van der Waals surface area contributed by atoms with Gasteiger partial charge in [0.2, 0.25) is 0 Å². The Morgan fingerprint density at radius 2 is 1.79 bits per heavy atom. The third-order valence-electron chi connectivity index (χ3n) is 5.60. The first kappa shape index (κ1) is 18.7. The Morgan fingerprint density at radius 1 is 1.14 bits per heavy atom. The molecule has 1 atom stereocenters. The minimum absolute atomic E-state index is 0.279. The summed E-state index contributed by atoms with van der Waals surface area (Å²) in [5, 5.41) is 4.27. The number of carbonyl (C=O) groups is 1. The predicted octanol–water partition coefficient (Wildman–Crippen LogP) is 3.91. The smallest absolute Gasteiger partial charge is 0.270 e. The summed E-state index contributed by atoms with van der Waals surface area (Å²) < 4.78 is 1.38. The molecule has 0 amide bonds. The van der Waals surface area contributed by atoms with E-state index in [1.54, 1.807) is 0 Å². The summed E-state index contributed by atoms with van der Waals surface area (Å²) in [6.07, 6.45) is 6.01. The fourth-order valence-electron chi connectivity index (χ4n) is 4.01. The van der Waals surface area contributed by atoms with Crippen molar-refractivity contribution in [2.45, 2.75) is 11.8 Å². The molecule has 1 heterocycles. The van der Waals surface area contributed by atoms with E-state index in [1.165, 1.54) is 10.8 Å². The van der Waals surface area contributed by atoms with Crippen molar-refractivity contribution in [2.75, 3.05) is 24.7 Å².